The van der Waals surface area contributed by atoms with Crippen LogP contribution in [0.25, 0.3) is 0 Å². The first-order valence-corrected chi connectivity index (χ1v) is 5.42. The molecule has 2 aromatic rings. The number of aryl methyl sites for hydroxylation is 1. The molecule has 0 fully saturated rings. The van der Waals surface area contributed by atoms with E-state index in [9.17, 15) is 0 Å². The molecule has 0 amide bonds. The molecule has 0 saturated carbocycles. The van der Waals surface area contributed by atoms with E-state index >= 15 is 0 Å². The van der Waals surface area contributed by atoms with E-state index < -0.39 is 0 Å². The maximum atomic E-state index is 5.81. The summed E-state index contributed by atoms with van der Waals surface area (Å²) in [6, 6.07) is 5.52. The molecule has 6 nitrogen and oxygen atoms in total. The van der Waals surface area contributed by atoms with E-state index in [0.29, 0.717) is 23.0 Å². The van der Waals surface area contributed by atoms with Crippen LogP contribution in [-0.2, 0) is 7.05 Å². The molecule has 18 heavy (non-hydrogen) atoms. The first-order valence-electron chi connectivity index (χ1n) is 5.42. The summed E-state index contributed by atoms with van der Waals surface area (Å²) in [5.74, 6) is 1.94. The van der Waals surface area contributed by atoms with Gasteiger partial charge in [-0.1, -0.05) is 0 Å². The summed E-state index contributed by atoms with van der Waals surface area (Å²) in [5, 5.41) is 7.34. The third-order valence-corrected chi connectivity index (χ3v) is 2.50. The van der Waals surface area contributed by atoms with Gasteiger partial charge >= 0.3 is 0 Å². The van der Waals surface area contributed by atoms with Crippen molar-refractivity contribution in [3.05, 3.63) is 24.4 Å². The van der Waals surface area contributed by atoms with Crippen LogP contribution in [0.4, 0.5) is 17.2 Å². The Kier molecular flexibility index (Phi) is 3.27. The standard InChI is InChI=1S/C12H16N4O2/c1-16-7-9(13)12(15-16)14-8-4-5-10(17-2)11(6-8)18-3/h4-7H,13H2,1-3H3,(H,14,15). The Hall–Kier alpha value is -2.37. The highest BCUT2D eigenvalue weighted by Gasteiger charge is 2.08. The van der Waals surface area contributed by atoms with Gasteiger partial charge in [0.25, 0.3) is 0 Å². The Balaban J connectivity index is 2.27. The van der Waals surface area contributed by atoms with Crippen LogP contribution in [0.5, 0.6) is 11.5 Å². The number of benzene rings is 1. The smallest absolute Gasteiger partial charge is 0.175 e. The monoisotopic (exact) mass is 248 g/mol. The molecule has 0 radical (unpaired) electrons. The van der Waals surface area contributed by atoms with E-state index in [1.165, 1.54) is 0 Å². The summed E-state index contributed by atoms with van der Waals surface area (Å²) in [6.07, 6.45) is 1.74. The molecule has 0 atom stereocenters. The van der Waals surface area contributed by atoms with Crippen molar-refractivity contribution in [2.45, 2.75) is 0 Å². The summed E-state index contributed by atoms with van der Waals surface area (Å²) in [6.45, 7) is 0. The average Bonchev–Trinajstić information content (AvgIpc) is 2.67. The highest BCUT2D eigenvalue weighted by molar-refractivity contribution is 5.69. The van der Waals surface area contributed by atoms with E-state index in [-0.39, 0.29) is 0 Å². The molecule has 96 valence electrons. The van der Waals surface area contributed by atoms with Crippen LogP contribution >= 0.6 is 0 Å². The second-order valence-corrected chi connectivity index (χ2v) is 3.80. The van der Waals surface area contributed by atoms with Crippen LogP contribution in [-0.4, -0.2) is 24.0 Å². The molecular formula is C12H16N4O2. The molecule has 0 aliphatic heterocycles. The lowest BCUT2D eigenvalue weighted by Gasteiger charge is -2.10. The minimum absolute atomic E-state index is 0.590. The topological polar surface area (TPSA) is 74.3 Å². The van der Waals surface area contributed by atoms with Gasteiger partial charge in [0.1, 0.15) is 0 Å². The first-order chi connectivity index (χ1) is 8.63. The molecule has 0 bridgehead atoms. The minimum Gasteiger partial charge on any atom is -0.493 e. The number of methoxy groups -OCH3 is 2. The van der Waals surface area contributed by atoms with Crippen molar-refractivity contribution in [1.29, 1.82) is 0 Å². The zero-order valence-electron chi connectivity index (χ0n) is 10.6. The van der Waals surface area contributed by atoms with Crippen LogP contribution in [0.3, 0.4) is 0 Å². The average molecular weight is 248 g/mol. The van der Waals surface area contributed by atoms with Crippen LogP contribution in [0, 0.1) is 0 Å². The molecule has 1 aromatic heterocycles. The Labute approximate surface area is 105 Å². The Morgan fingerprint density at radius 1 is 1.22 bits per heavy atom. The van der Waals surface area contributed by atoms with E-state index in [0.717, 1.165) is 5.69 Å². The summed E-state index contributed by atoms with van der Waals surface area (Å²) in [4.78, 5) is 0. The van der Waals surface area contributed by atoms with Crippen LogP contribution in [0.15, 0.2) is 24.4 Å². The molecular weight excluding hydrogens is 232 g/mol. The van der Waals surface area contributed by atoms with Gasteiger partial charge in [0.2, 0.25) is 0 Å². The number of anilines is 3. The van der Waals surface area contributed by atoms with Crippen LogP contribution in [0.1, 0.15) is 0 Å². The van der Waals surface area contributed by atoms with Gasteiger partial charge in [-0.05, 0) is 12.1 Å². The second kappa shape index (κ2) is 4.87. The van der Waals surface area contributed by atoms with Gasteiger partial charge in [0.05, 0.1) is 19.9 Å². The fraction of sp³-hybridized carbons (Fsp3) is 0.250. The highest BCUT2D eigenvalue weighted by atomic mass is 16.5. The van der Waals surface area contributed by atoms with E-state index in [1.807, 2.05) is 25.2 Å². The number of nitrogens with two attached hydrogens (primary N) is 1. The van der Waals surface area contributed by atoms with Crippen molar-refractivity contribution in [1.82, 2.24) is 9.78 Å². The number of rotatable bonds is 4. The van der Waals surface area contributed by atoms with Gasteiger partial charge in [-0.15, -0.1) is 0 Å². The third kappa shape index (κ3) is 2.32. The summed E-state index contributed by atoms with van der Waals surface area (Å²) in [5.41, 5.74) is 7.24. The second-order valence-electron chi connectivity index (χ2n) is 3.80. The number of nitrogens with one attached hydrogen (secondary N) is 1. The summed E-state index contributed by atoms with van der Waals surface area (Å²) < 4.78 is 12.1. The molecule has 1 aromatic carbocycles. The largest absolute Gasteiger partial charge is 0.493 e. The fourth-order valence-corrected chi connectivity index (χ4v) is 1.65. The number of nitrogens with zero attached hydrogens (tertiary/aromatic N) is 2. The Morgan fingerprint density at radius 3 is 2.50 bits per heavy atom. The number of hydrogen-bond donors (Lipinski definition) is 2. The van der Waals surface area contributed by atoms with E-state index in [2.05, 4.69) is 10.4 Å². The zero-order valence-corrected chi connectivity index (χ0v) is 10.6. The minimum atomic E-state index is 0.590. The molecule has 2 rings (SSSR count). The van der Waals surface area contributed by atoms with Crippen molar-refractivity contribution in [2.75, 3.05) is 25.3 Å². The van der Waals surface area contributed by atoms with Gasteiger partial charge in [-0.2, -0.15) is 5.10 Å². The number of nitrogen functional groups attached to an aromatic ring is 1. The van der Waals surface area contributed by atoms with Crippen molar-refractivity contribution >= 4 is 17.2 Å². The molecule has 0 spiro atoms. The quantitative estimate of drug-likeness (QED) is 0.862. The van der Waals surface area contributed by atoms with E-state index in [1.54, 1.807) is 25.1 Å². The first kappa shape index (κ1) is 12.1. The number of hydrogen-bond acceptors (Lipinski definition) is 5. The molecule has 0 aliphatic carbocycles. The lowest BCUT2D eigenvalue weighted by molar-refractivity contribution is 0.355. The molecule has 0 unspecified atom stereocenters. The normalized spacial score (nSPS) is 10.2. The van der Waals surface area contributed by atoms with Crippen LogP contribution in [0.2, 0.25) is 0 Å². The van der Waals surface area contributed by atoms with Gasteiger partial charge < -0.3 is 20.5 Å². The van der Waals surface area contributed by atoms with Gasteiger partial charge in [-0.25, -0.2) is 0 Å². The van der Waals surface area contributed by atoms with Crippen LogP contribution < -0.4 is 20.5 Å². The van der Waals surface area contributed by atoms with E-state index in [4.69, 9.17) is 15.2 Å². The van der Waals surface area contributed by atoms with Crippen molar-refractivity contribution in [2.24, 2.45) is 7.05 Å². The Bertz CT molecular complexity index is 551. The number of ether oxygens (including phenoxy) is 2. The summed E-state index contributed by atoms with van der Waals surface area (Å²) in [7, 11) is 5.01. The number of aromatic nitrogens is 2. The van der Waals surface area contributed by atoms with Crippen molar-refractivity contribution in [3.63, 3.8) is 0 Å². The predicted molar refractivity (Wildman–Crippen MR) is 70.4 cm³/mol. The maximum absolute atomic E-state index is 5.81. The third-order valence-electron chi connectivity index (χ3n) is 2.50. The molecule has 0 saturated heterocycles. The highest BCUT2D eigenvalue weighted by Crippen LogP contribution is 2.31. The Morgan fingerprint density at radius 2 is 1.94 bits per heavy atom. The summed E-state index contributed by atoms with van der Waals surface area (Å²) >= 11 is 0. The lowest BCUT2D eigenvalue weighted by atomic mass is 10.2. The predicted octanol–water partition coefficient (Wildman–Crippen LogP) is 1.76. The van der Waals surface area contributed by atoms with Gasteiger partial charge in [0, 0.05) is 25.0 Å². The maximum Gasteiger partial charge on any atom is 0.175 e. The zero-order chi connectivity index (χ0) is 13.1. The SMILES string of the molecule is COc1ccc(Nc2nn(C)cc2N)cc1OC. The van der Waals surface area contributed by atoms with Crippen molar-refractivity contribution < 1.29 is 9.47 Å². The lowest BCUT2D eigenvalue weighted by Crippen LogP contribution is -1.97. The molecule has 3 N–H and O–H groups in total. The molecule has 6 heteroatoms. The molecule has 1 heterocycles. The van der Waals surface area contributed by atoms with Gasteiger partial charge in [0.15, 0.2) is 17.3 Å². The van der Waals surface area contributed by atoms with Crippen molar-refractivity contribution in [3.8, 4) is 11.5 Å². The fourth-order valence-electron chi connectivity index (χ4n) is 1.65. The molecule has 0 aliphatic rings. The van der Waals surface area contributed by atoms with Gasteiger partial charge in [-0.3, -0.25) is 4.68 Å².